The molecule has 2 aliphatic heterocycles. The number of aromatic nitrogens is 2. The summed E-state index contributed by atoms with van der Waals surface area (Å²) in [5, 5.41) is 0. The molecule has 7 heteroatoms. The zero-order valence-corrected chi connectivity index (χ0v) is 17.5. The number of rotatable bonds is 2. The maximum atomic E-state index is 13.2. The molecule has 2 atom stereocenters. The lowest BCUT2D eigenvalue weighted by Crippen LogP contribution is -2.47. The topological polar surface area (TPSA) is 67.7 Å². The summed E-state index contributed by atoms with van der Waals surface area (Å²) in [5.41, 5.74) is 1.57. The summed E-state index contributed by atoms with van der Waals surface area (Å²) in [6, 6.07) is 8.34. The first-order chi connectivity index (χ1) is 13.8. The standard InChI is InChI=1S/C22H30N4O3/c1-22(2,3)29-21(28)25-11-6-7-16(13-25)20(27)24-12-10-17(14-24)26-15-23-18-8-4-5-9-19(18)26/h4-5,8-9,15-17H,6-7,10-14H2,1-3H3. The van der Waals surface area contributed by atoms with Gasteiger partial charge in [0.05, 0.1) is 29.3 Å². The normalized spacial score (nSPS) is 22.9. The lowest BCUT2D eigenvalue weighted by Gasteiger charge is -2.35. The molecule has 2 amide bonds. The van der Waals surface area contributed by atoms with Crippen LogP contribution in [0.4, 0.5) is 4.79 Å². The smallest absolute Gasteiger partial charge is 0.410 e. The van der Waals surface area contributed by atoms with E-state index in [1.165, 1.54) is 0 Å². The summed E-state index contributed by atoms with van der Waals surface area (Å²) in [5.74, 6) is 0.0136. The fourth-order valence-electron chi connectivity index (χ4n) is 4.37. The Morgan fingerprint density at radius 2 is 1.86 bits per heavy atom. The van der Waals surface area contributed by atoms with Gasteiger partial charge in [0.1, 0.15) is 5.60 Å². The van der Waals surface area contributed by atoms with Crippen LogP contribution < -0.4 is 0 Å². The highest BCUT2D eigenvalue weighted by Gasteiger charge is 2.36. The molecule has 2 unspecified atom stereocenters. The number of ether oxygens (including phenoxy) is 1. The van der Waals surface area contributed by atoms with Crippen LogP contribution in [0.5, 0.6) is 0 Å². The molecule has 29 heavy (non-hydrogen) atoms. The van der Waals surface area contributed by atoms with Gasteiger partial charge in [-0.15, -0.1) is 0 Å². The van der Waals surface area contributed by atoms with Gasteiger partial charge in [-0.2, -0.15) is 0 Å². The molecular weight excluding hydrogens is 368 g/mol. The van der Waals surface area contributed by atoms with E-state index in [0.717, 1.165) is 36.8 Å². The quantitative estimate of drug-likeness (QED) is 0.777. The number of hydrogen-bond acceptors (Lipinski definition) is 4. The van der Waals surface area contributed by atoms with Gasteiger partial charge in [-0.05, 0) is 52.2 Å². The molecule has 4 rings (SSSR count). The van der Waals surface area contributed by atoms with Crippen molar-refractivity contribution in [2.24, 2.45) is 5.92 Å². The minimum Gasteiger partial charge on any atom is -0.444 e. The van der Waals surface area contributed by atoms with Gasteiger partial charge in [-0.25, -0.2) is 9.78 Å². The van der Waals surface area contributed by atoms with Crippen molar-refractivity contribution < 1.29 is 14.3 Å². The monoisotopic (exact) mass is 398 g/mol. The SMILES string of the molecule is CC(C)(C)OC(=O)N1CCCC(C(=O)N2CCC(n3cnc4ccccc43)C2)C1. The fourth-order valence-corrected chi connectivity index (χ4v) is 4.37. The Morgan fingerprint density at radius 3 is 2.66 bits per heavy atom. The lowest BCUT2D eigenvalue weighted by molar-refractivity contribution is -0.136. The molecule has 0 aliphatic carbocycles. The van der Waals surface area contributed by atoms with Gasteiger partial charge in [0.15, 0.2) is 0 Å². The molecule has 2 aromatic rings. The second kappa shape index (κ2) is 7.69. The number of fused-ring (bicyclic) bond motifs is 1. The van der Waals surface area contributed by atoms with Crippen molar-refractivity contribution in [2.45, 2.75) is 51.7 Å². The highest BCUT2D eigenvalue weighted by atomic mass is 16.6. The van der Waals surface area contributed by atoms with Crippen LogP contribution in [0, 0.1) is 5.92 Å². The van der Waals surface area contributed by atoms with Crippen LogP contribution in [0.25, 0.3) is 11.0 Å². The van der Waals surface area contributed by atoms with Crippen LogP contribution in [-0.4, -0.2) is 63.1 Å². The number of amides is 2. The van der Waals surface area contributed by atoms with Gasteiger partial charge in [0, 0.05) is 26.2 Å². The van der Waals surface area contributed by atoms with Gasteiger partial charge in [0.25, 0.3) is 0 Å². The van der Waals surface area contributed by atoms with Crippen LogP contribution in [-0.2, 0) is 9.53 Å². The van der Waals surface area contributed by atoms with Crippen molar-refractivity contribution in [3.63, 3.8) is 0 Å². The van der Waals surface area contributed by atoms with Gasteiger partial charge in [-0.1, -0.05) is 12.1 Å². The second-order valence-corrected chi connectivity index (χ2v) is 9.13. The van der Waals surface area contributed by atoms with Gasteiger partial charge in [-0.3, -0.25) is 4.79 Å². The first-order valence-corrected chi connectivity index (χ1v) is 10.5. The van der Waals surface area contributed by atoms with E-state index >= 15 is 0 Å². The molecule has 0 N–H and O–H groups in total. The molecule has 3 heterocycles. The summed E-state index contributed by atoms with van der Waals surface area (Å²) >= 11 is 0. The summed E-state index contributed by atoms with van der Waals surface area (Å²) in [7, 11) is 0. The zero-order chi connectivity index (χ0) is 20.6. The number of imidazole rings is 1. The highest BCUT2D eigenvalue weighted by molar-refractivity contribution is 5.81. The molecule has 156 valence electrons. The average molecular weight is 399 g/mol. The van der Waals surface area contributed by atoms with Crippen LogP contribution in [0.2, 0.25) is 0 Å². The average Bonchev–Trinajstić information content (AvgIpc) is 3.33. The van der Waals surface area contributed by atoms with E-state index in [9.17, 15) is 9.59 Å². The predicted octanol–water partition coefficient (Wildman–Crippen LogP) is 3.46. The summed E-state index contributed by atoms with van der Waals surface area (Å²) in [6.45, 7) is 8.14. The molecule has 0 saturated carbocycles. The Kier molecular flexibility index (Phi) is 5.23. The van der Waals surface area contributed by atoms with Crippen LogP contribution in [0.15, 0.2) is 30.6 Å². The molecule has 2 fully saturated rings. The third kappa shape index (κ3) is 4.23. The second-order valence-electron chi connectivity index (χ2n) is 9.13. The number of para-hydroxylation sites is 2. The molecule has 1 aromatic heterocycles. The van der Waals surface area contributed by atoms with E-state index in [2.05, 4.69) is 15.6 Å². The van der Waals surface area contributed by atoms with Crippen LogP contribution >= 0.6 is 0 Å². The van der Waals surface area contributed by atoms with E-state index in [0.29, 0.717) is 19.6 Å². The van der Waals surface area contributed by atoms with Crippen LogP contribution in [0.3, 0.4) is 0 Å². The molecule has 0 radical (unpaired) electrons. The van der Waals surface area contributed by atoms with Crippen molar-refractivity contribution in [3.05, 3.63) is 30.6 Å². The molecule has 2 saturated heterocycles. The summed E-state index contributed by atoms with van der Waals surface area (Å²) in [6.07, 6.45) is 4.15. The Balaban J connectivity index is 1.39. The first-order valence-electron chi connectivity index (χ1n) is 10.5. The molecule has 0 bridgehead atoms. The van der Waals surface area contributed by atoms with Gasteiger partial charge in [0.2, 0.25) is 5.91 Å². The summed E-state index contributed by atoms with van der Waals surface area (Å²) in [4.78, 5) is 33.7. The Morgan fingerprint density at radius 1 is 1.07 bits per heavy atom. The van der Waals surface area contributed by atoms with Crippen molar-refractivity contribution in [1.29, 1.82) is 0 Å². The van der Waals surface area contributed by atoms with Crippen molar-refractivity contribution >= 4 is 23.0 Å². The molecule has 1 aromatic carbocycles. The predicted molar refractivity (Wildman–Crippen MR) is 110 cm³/mol. The number of likely N-dealkylation sites (tertiary alicyclic amines) is 2. The van der Waals surface area contributed by atoms with E-state index in [1.807, 2.05) is 50.2 Å². The van der Waals surface area contributed by atoms with Crippen molar-refractivity contribution in [1.82, 2.24) is 19.4 Å². The Hall–Kier alpha value is -2.57. The fraction of sp³-hybridized carbons (Fsp3) is 0.591. The van der Waals surface area contributed by atoms with Gasteiger partial charge < -0.3 is 19.1 Å². The molecule has 0 spiro atoms. The van der Waals surface area contributed by atoms with E-state index in [-0.39, 0.29) is 24.0 Å². The lowest BCUT2D eigenvalue weighted by atomic mass is 9.97. The number of benzene rings is 1. The number of hydrogen-bond donors (Lipinski definition) is 0. The first kappa shape index (κ1) is 19.7. The van der Waals surface area contributed by atoms with Crippen molar-refractivity contribution in [3.8, 4) is 0 Å². The maximum Gasteiger partial charge on any atom is 0.410 e. The largest absolute Gasteiger partial charge is 0.444 e. The van der Waals surface area contributed by atoms with E-state index in [1.54, 1.807) is 4.90 Å². The van der Waals surface area contributed by atoms with Crippen molar-refractivity contribution in [2.75, 3.05) is 26.2 Å². The number of carbonyl (C=O) groups is 2. The van der Waals surface area contributed by atoms with Crippen LogP contribution in [0.1, 0.15) is 46.1 Å². The maximum absolute atomic E-state index is 13.2. The summed E-state index contributed by atoms with van der Waals surface area (Å²) < 4.78 is 7.68. The van der Waals surface area contributed by atoms with E-state index < -0.39 is 5.60 Å². The number of nitrogens with zero attached hydrogens (tertiary/aromatic N) is 4. The Labute approximate surface area is 171 Å². The minimum atomic E-state index is -0.524. The molecular formula is C22H30N4O3. The minimum absolute atomic E-state index is 0.144. The third-order valence-corrected chi connectivity index (χ3v) is 5.77. The number of piperidine rings is 1. The number of carbonyl (C=O) groups excluding carboxylic acids is 2. The highest BCUT2D eigenvalue weighted by Crippen LogP contribution is 2.29. The van der Waals surface area contributed by atoms with E-state index in [4.69, 9.17) is 4.74 Å². The molecule has 2 aliphatic rings. The molecule has 7 nitrogen and oxygen atoms in total. The third-order valence-electron chi connectivity index (χ3n) is 5.77. The van der Waals surface area contributed by atoms with Gasteiger partial charge >= 0.3 is 6.09 Å². The zero-order valence-electron chi connectivity index (χ0n) is 17.5. The Bertz CT molecular complexity index is 901.